The number of rotatable bonds is 6. The van der Waals surface area contributed by atoms with Crippen molar-refractivity contribution in [2.24, 2.45) is 0 Å². The highest BCUT2D eigenvalue weighted by Gasteiger charge is 2.50. The first kappa shape index (κ1) is 17.1. The molecule has 1 aliphatic carbocycles. The Bertz CT molecular complexity index is 670. The first-order valence-electron chi connectivity index (χ1n) is 8.45. The molecule has 1 spiro atoms. The molecule has 3 amide bonds. The Hall–Kier alpha value is -2.71. The van der Waals surface area contributed by atoms with Crippen molar-refractivity contribution in [1.29, 1.82) is 0 Å². The number of hydrogen-bond donors (Lipinski definition) is 3. The van der Waals surface area contributed by atoms with Crippen molar-refractivity contribution in [3.63, 3.8) is 0 Å². The van der Waals surface area contributed by atoms with E-state index in [0.29, 0.717) is 25.3 Å². The number of hydrogen-bond acceptors (Lipinski definition) is 6. The molecule has 9 nitrogen and oxygen atoms in total. The fourth-order valence-electron chi connectivity index (χ4n) is 3.36. The second-order valence-electron chi connectivity index (χ2n) is 6.40. The fraction of sp³-hybridized carbons (Fsp3) is 0.562. The van der Waals surface area contributed by atoms with Gasteiger partial charge in [0.1, 0.15) is 11.4 Å². The lowest BCUT2D eigenvalue weighted by atomic mass is 9.82. The van der Waals surface area contributed by atoms with Gasteiger partial charge in [0.05, 0.1) is 12.4 Å². The van der Waals surface area contributed by atoms with E-state index >= 15 is 0 Å². The minimum Gasteiger partial charge on any atom is -0.476 e. The minimum atomic E-state index is -1.13. The van der Waals surface area contributed by atoms with E-state index in [9.17, 15) is 14.4 Å². The van der Waals surface area contributed by atoms with Gasteiger partial charge in [-0.1, -0.05) is 19.3 Å². The third kappa shape index (κ3) is 3.54. The Kier molecular flexibility index (Phi) is 4.82. The average Bonchev–Trinajstić information content (AvgIpc) is 2.83. The van der Waals surface area contributed by atoms with Crippen molar-refractivity contribution >= 4 is 23.7 Å². The van der Waals surface area contributed by atoms with Crippen LogP contribution < -0.4 is 10.6 Å². The minimum absolute atomic E-state index is 0.109. The Balaban J connectivity index is 1.48. The van der Waals surface area contributed by atoms with Gasteiger partial charge in [-0.05, 0) is 19.3 Å². The molecule has 1 aromatic heterocycles. The Morgan fingerprint density at radius 1 is 1.24 bits per heavy atom. The van der Waals surface area contributed by atoms with Crippen molar-refractivity contribution in [3.8, 4) is 0 Å². The number of carboxylic acid groups (broad SMARTS) is 1. The van der Waals surface area contributed by atoms with E-state index in [2.05, 4.69) is 20.6 Å². The molecular weight excluding hydrogens is 326 g/mol. The number of urea groups is 1. The van der Waals surface area contributed by atoms with E-state index in [1.165, 1.54) is 17.3 Å². The Labute approximate surface area is 144 Å². The largest absolute Gasteiger partial charge is 0.476 e. The second kappa shape index (κ2) is 7.04. The molecule has 2 aliphatic rings. The number of nitrogens with one attached hydrogen (secondary N) is 2. The molecule has 0 radical (unpaired) electrons. The van der Waals surface area contributed by atoms with E-state index in [1.807, 2.05) is 0 Å². The molecule has 0 unspecified atom stereocenters. The predicted octanol–water partition coefficient (Wildman–Crippen LogP) is 1.23. The number of anilines is 1. The van der Waals surface area contributed by atoms with Gasteiger partial charge in [-0.2, -0.15) is 0 Å². The van der Waals surface area contributed by atoms with Crippen molar-refractivity contribution < 1.29 is 19.5 Å². The molecule has 3 rings (SSSR count). The zero-order valence-corrected chi connectivity index (χ0v) is 13.8. The topological polar surface area (TPSA) is 125 Å². The summed E-state index contributed by atoms with van der Waals surface area (Å²) >= 11 is 0. The summed E-state index contributed by atoms with van der Waals surface area (Å²) in [6.45, 7) is 0.825. The smallest absolute Gasteiger partial charge is 0.356 e. The van der Waals surface area contributed by atoms with E-state index < -0.39 is 11.5 Å². The zero-order valence-electron chi connectivity index (χ0n) is 13.8. The highest BCUT2D eigenvalue weighted by molar-refractivity contribution is 6.07. The third-order valence-electron chi connectivity index (χ3n) is 4.69. The monoisotopic (exact) mass is 347 g/mol. The van der Waals surface area contributed by atoms with Crippen LogP contribution in [-0.4, -0.2) is 56.5 Å². The van der Waals surface area contributed by atoms with Crippen LogP contribution in [0.2, 0.25) is 0 Å². The molecule has 134 valence electrons. The molecule has 25 heavy (non-hydrogen) atoms. The van der Waals surface area contributed by atoms with Crippen molar-refractivity contribution in [2.75, 3.05) is 18.4 Å². The van der Waals surface area contributed by atoms with Crippen LogP contribution in [0.25, 0.3) is 0 Å². The zero-order chi connectivity index (χ0) is 17.9. The number of amides is 3. The van der Waals surface area contributed by atoms with Gasteiger partial charge in [0.15, 0.2) is 5.69 Å². The molecular formula is C16H21N5O4. The maximum atomic E-state index is 12.6. The van der Waals surface area contributed by atoms with Gasteiger partial charge in [-0.3, -0.25) is 9.69 Å². The standard InChI is InChI=1S/C16H21N5O4/c22-13(23)11-9-19-12(10-18-11)17-7-4-8-21-14(24)16(20-15(21)25)5-2-1-3-6-16/h9-10H,1-8H2,(H,17,19)(H,20,25)(H,22,23). The normalized spacial score (nSPS) is 19.1. The van der Waals surface area contributed by atoms with Gasteiger partial charge in [0.2, 0.25) is 0 Å². The van der Waals surface area contributed by atoms with Crippen LogP contribution >= 0.6 is 0 Å². The van der Waals surface area contributed by atoms with Crippen molar-refractivity contribution in [2.45, 2.75) is 44.1 Å². The number of carbonyl (C=O) groups is 3. The lowest BCUT2D eigenvalue weighted by molar-refractivity contribution is -0.132. The molecule has 1 aliphatic heterocycles. The SMILES string of the molecule is O=C(O)c1cnc(NCCCN2C(=O)NC3(CCCCC3)C2=O)cn1. The maximum absolute atomic E-state index is 12.6. The predicted molar refractivity (Wildman–Crippen MR) is 88.2 cm³/mol. The summed E-state index contributed by atoms with van der Waals surface area (Å²) in [7, 11) is 0. The highest BCUT2D eigenvalue weighted by Crippen LogP contribution is 2.33. The molecule has 1 aromatic rings. The summed E-state index contributed by atoms with van der Waals surface area (Å²) in [4.78, 5) is 44.4. The summed E-state index contributed by atoms with van der Waals surface area (Å²) in [5.41, 5.74) is -0.802. The third-order valence-corrected chi connectivity index (χ3v) is 4.69. The van der Waals surface area contributed by atoms with Gasteiger partial charge < -0.3 is 15.7 Å². The van der Waals surface area contributed by atoms with Gasteiger partial charge in [-0.15, -0.1) is 0 Å². The summed E-state index contributed by atoms with van der Waals surface area (Å²) in [6, 6.07) is -0.308. The van der Waals surface area contributed by atoms with Gasteiger partial charge in [-0.25, -0.2) is 19.6 Å². The van der Waals surface area contributed by atoms with Gasteiger partial charge >= 0.3 is 12.0 Å². The van der Waals surface area contributed by atoms with E-state index in [4.69, 9.17) is 5.11 Å². The van der Waals surface area contributed by atoms with E-state index in [1.54, 1.807) is 0 Å². The van der Waals surface area contributed by atoms with Crippen LogP contribution in [0.4, 0.5) is 10.6 Å². The first-order valence-corrected chi connectivity index (χ1v) is 8.45. The summed E-state index contributed by atoms with van der Waals surface area (Å²) in [5.74, 6) is -0.789. The summed E-state index contributed by atoms with van der Waals surface area (Å²) in [6.07, 6.45) is 7.56. The molecule has 0 aromatic carbocycles. The Morgan fingerprint density at radius 3 is 2.64 bits per heavy atom. The molecule has 0 atom stereocenters. The van der Waals surface area contributed by atoms with Crippen LogP contribution in [-0.2, 0) is 4.79 Å². The lowest BCUT2D eigenvalue weighted by Crippen LogP contribution is -2.48. The highest BCUT2D eigenvalue weighted by atomic mass is 16.4. The van der Waals surface area contributed by atoms with Gasteiger partial charge in [0.25, 0.3) is 5.91 Å². The van der Waals surface area contributed by atoms with Gasteiger partial charge in [0, 0.05) is 13.1 Å². The van der Waals surface area contributed by atoms with Crippen LogP contribution in [0.3, 0.4) is 0 Å². The summed E-state index contributed by atoms with van der Waals surface area (Å²) in [5, 5.41) is 14.7. The molecule has 2 fully saturated rings. The number of imide groups is 1. The molecule has 3 N–H and O–H groups in total. The molecule has 2 heterocycles. The number of aromatic nitrogens is 2. The molecule has 0 bridgehead atoms. The number of nitrogens with zero attached hydrogens (tertiary/aromatic N) is 3. The number of carboxylic acids is 1. The fourth-order valence-corrected chi connectivity index (χ4v) is 3.36. The van der Waals surface area contributed by atoms with Crippen LogP contribution in [0.5, 0.6) is 0 Å². The van der Waals surface area contributed by atoms with Crippen LogP contribution in [0.1, 0.15) is 49.0 Å². The number of aromatic carboxylic acids is 1. The molecule has 1 saturated heterocycles. The number of carbonyl (C=O) groups excluding carboxylic acids is 2. The van der Waals surface area contributed by atoms with Crippen LogP contribution in [0, 0.1) is 0 Å². The van der Waals surface area contributed by atoms with Crippen molar-refractivity contribution in [3.05, 3.63) is 18.1 Å². The van der Waals surface area contributed by atoms with Crippen molar-refractivity contribution in [1.82, 2.24) is 20.2 Å². The second-order valence-corrected chi connectivity index (χ2v) is 6.40. The first-order chi connectivity index (χ1) is 12.0. The van der Waals surface area contributed by atoms with Crippen LogP contribution in [0.15, 0.2) is 12.4 Å². The summed E-state index contributed by atoms with van der Waals surface area (Å²) < 4.78 is 0. The lowest BCUT2D eigenvalue weighted by Gasteiger charge is -2.30. The van der Waals surface area contributed by atoms with E-state index in [0.717, 1.165) is 32.1 Å². The average molecular weight is 347 g/mol. The quantitative estimate of drug-likeness (QED) is 0.522. The maximum Gasteiger partial charge on any atom is 0.356 e. The molecule has 1 saturated carbocycles. The van der Waals surface area contributed by atoms with E-state index in [-0.39, 0.29) is 17.6 Å². The Morgan fingerprint density at radius 2 is 2.00 bits per heavy atom. The molecule has 9 heteroatoms.